The van der Waals surface area contributed by atoms with Gasteiger partial charge in [-0.2, -0.15) is 0 Å². The Kier molecular flexibility index (Phi) is 1.95. The Labute approximate surface area is 80.4 Å². The van der Waals surface area contributed by atoms with E-state index in [-0.39, 0.29) is 5.95 Å². The van der Waals surface area contributed by atoms with Crippen LogP contribution in [0, 0.1) is 0 Å². The molecule has 14 heavy (non-hydrogen) atoms. The van der Waals surface area contributed by atoms with Gasteiger partial charge in [-0.05, 0) is 0 Å². The van der Waals surface area contributed by atoms with Gasteiger partial charge in [0, 0.05) is 24.7 Å². The molecule has 3 N–H and O–H groups in total. The number of fused-ring (bicyclic) bond motifs is 1. The third kappa shape index (κ3) is 1.46. The molecular weight excluding hydrogens is 184 g/mol. The lowest BCUT2D eigenvalue weighted by atomic mass is 10.1. The summed E-state index contributed by atoms with van der Waals surface area (Å²) >= 11 is 0. The van der Waals surface area contributed by atoms with Crippen molar-refractivity contribution in [3.05, 3.63) is 17.5 Å². The molecular formula is C8H10N4O2. The minimum Gasteiger partial charge on any atom is -0.465 e. The number of anilines is 1. The lowest BCUT2D eigenvalue weighted by molar-refractivity contribution is 0.139. The molecule has 1 aliphatic rings. The second-order valence-corrected chi connectivity index (χ2v) is 3.15. The topological polar surface area (TPSA) is 92.3 Å². The van der Waals surface area contributed by atoms with Gasteiger partial charge in [0.2, 0.25) is 5.95 Å². The van der Waals surface area contributed by atoms with E-state index in [1.54, 1.807) is 6.20 Å². The van der Waals surface area contributed by atoms with Gasteiger partial charge in [0.15, 0.2) is 0 Å². The van der Waals surface area contributed by atoms with Gasteiger partial charge in [-0.3, -0.25) is 0 Å². The molecule has 74 valence electrons. The zero-order valence-electron chi connectivity index (χ0n) is 7.47. The molecule has 1 aromatic heterocycles. The van der Waals surface area contributed by atoms with Crippen LogP contribution < -0.4 is 5.73 Å². The van der Waals surface area contributed by atoms with Crippen LogP contribution in [0.15, 0.2) is 6.20 Å². The molecule has 1 aromatic rings. The van der Waals surface area contributed by atoms with Gasteiger partial charge in [0.05, 0.1) is 12.2 Å². The van der Waals surface area contributed by atoms with E-state index in [0.29, 0.717) is 19.5 Å². The number of hydrogen-bond acceptors (Lipinski definition) is 4. The van der Waals surface area contributed by atoms with E-state index in [0.717, 1.165) is 11.3 Å². The number of rotatable bonds is 0. The predicted octanol–water partition coefficient (Wildman–Crippen LogP) is 0.0949. The van der Waals surface area contributed by atoms with E-state index in [9.17, 15) is 4.79 Å². The summed E-state index contributed by atoms with van der Waals surface area (Å²) in [5, 5.41) is 8.78. The number of carboxylic acid groups (broad SMARTS) is 1. The highest BCUT2D eigenvalue weighted by Gasteiger charge is 2.21. The number of nitrogens with two attached hydrogens (primary N) is 1. The van der Waals surface area contributed by atoms with Crippen LogP contribution in [0.5, 0.6) is 0 Å². The first-order valence-corrected chi connectivity index (χ1v) is 4.25. The molecule has 2 heterocycles. The molecule has 0 atom stereocenters. The van der Waals surface area contributed by atoms with Crippen molar-refractivity contribution >= 4 is 12.0 Å². The van der Waals surface area contributed by atoms with Crippen molar-refractivity contribution in [2.75, 3.05) is 12.3 Å². The van der Waals surface area contributed by atoms with E-state index in [1.165, 1.54) is 4.90 Å². The molecule has 0 spiro atoms. The molecule has 0 saturated heterocycles. The lowest BCUT2D eigenvalue weighted by Gasteiger charge is -2.25. The van der Waals surface area contributed by atoms with Crippen LogP contribution in [0.25, 0.3) is 0 Å². The maximum absolute atomic E-state index is 10.7. The standard InChI is InChI=1S/C8H10N4O2/c9-7-10-3-5-4-12(8(13)14)2-1-6(5)11-7/h3H,1-2,4H2,(H,13,14)(H2,9,10,11). The van der Waals surface area contributed by atoms with E-state index < -0.39 is 6.09 Å². The summed E-state index contributed by atoms with van der Waals surface area (Å²) in [6.45, 7) is 0.823. The van der Waals surface area contributed by atoms with Crippen molar-refractivity contribution in [2.45, 2.75) is 13.0 Å². The van der Waals surface area contributed by atoms with Crippen molar-refractivity contribution in [3.8, 4) is 0 Å². The third-order valence-corrected chi connectivity index (χ3v) is 2.22. The van der Waals surface area contributed by atoms with Crippen molar-refractivity contribution in [1.29, 1.82) is 0 Å². The summed E-state index contributed by atoms with van der Waals surface area (Å²) in [4.78, 5) is 19.9. The second-order valence-electron chi connectivity index (χ2n) is 3.15. The predicted molar refractivity (Wildman–Crippen MR) is 48.6 cm³/mol. The Morgan fingerprint density at radius 2 is 2.43 bits per heavy atom. The summed E-state index contributed by atoms with van der Waals surface area (Å²) in [6.07, 6.45) is 1.29. The zero-order valence-corrected chi connectivity index (χ0v) is 7.47. The molecule has 0 unspecified atom stereocenters. The number of nitrogen functional groups attached to an aromatic ring is 1. The number of amides is 1. The summed E-state index contributed by atoms with van der Waals surface area (Å²) in [5.41, 5.74) is 7.12. The molecule has 0 aromatic carbocycles. The van der Waals surface area contributed by atoms with Gasteiger partial charge >= 0.3 is 6.09 Å². The lowest BCUT2D eigenvalue weighted by Crippen LogP contribution is -2.35. The molecule has 0 bridgehead atoms. The van der Waals surface area contributed by atoms with Gasteiger partial charge in [-0.15, -0.1) is 0 Å². The molecule has 0 aliphatic carbocycles. The Balaban J connectivity index is 2.27. The third-order valence-electron chi connectivity index (χ3n) is 2.22. The minimum atomic E-state index is -0.910. The highest BCUT2D eigenvalue weighted by Crippen LogP contribution is 2.16. The van der Waals surface area contributed by atoms with Crippen LogP contribution in [0.2, 0.25) is 0 Å². The fourth-order valence-electron chi connectivity index (χ4n) is 1.49. The molecule has 0 saturated carbocycles. The monoisotopic (exact) mass is 194 g/mol. The van der Waals surface area contributed by atoms with Crippen molar-refractivity contribution in [1.82, 2.24) is 14.9 Å². The van der Waals surface area contributed by atoms with E-state index in [2.05, 4.69) is 9.97 Å². The van der Waals surface area contributed by atoms with Gasteiger partial charge < -0.3 is 15.7 Å². The van der Waals surface area contributed by atoms with Crippen LogP contribution in [0.1, 0.15) is 11.3 Å². The van der Waals surface area contributed by atoms with Gasteiger partial charge in [-0.25, -0.2) is 14.8 Å². The Hall–Kier alpha value is -1.85. The van der Waals surface area contributed by atoms with Crippen molar-refractivity contribution < 1.29 is 9.90 Å². The Bertz CT molecular complexity index is 380. The SMILES string of the molecule is Nc1ncc2c(n1)CCN(C(=O)O)C2. The van der Waals surface area contributed by atoms with E-state index in [4.69, 9.17) is 10.8 Å². The second kappa shape index (κ2) is 3.13. The maximum Gasteiger partial charge on any atom is 0.407 e. The molecule has 0 radical (unpaired) electrons. The van der Waals surface area contributed by atoms with E-state index in [1.807, 2.05) is 0 Å². The normalized spacial score (nSPS) is 15.0. The number of carbonyl (C=O) groups is 1. The van der Waals surface area contributed by atoms with E-state index >= 15 is 0 Å². The summed E-state index contributed by atoms with van der Waals surface area (Å²) in [5.74, 6) is 0.243. The molecule has 1 amide bonds. The van der Waals surface area contributed by atoms with Gasteiger partial charge in [0.25, 0.3) is 0 Å². The number of hydrogen-bond donors (Lipinski definition) is 2. The van der Waals surface area contributed by atoms with Crippen molar-refractivity contribution in [3.63, 3.8) is 0 Å². The van der Waals surface area contributed by atoms with Gasteiger partial charge in [0.1, 0.15) is 0 Å². The van der Waals surface area contributed by atoms with Crippen LogP contribution in [0.4, 0.5) is 10.7 Å². The molecule has 6 heteroatoms. The molecule has 1 aliphatic heterocycles. The van der Waals surface area contributed by atoms with Gasteiger partial charge in [-0.1, -0.05) is 0 Å². The average molecular weight is 194 g/mol. The number of aromatic nitrogens is 2. The van der Waals surface area contributed by atoms with Crippen LogP contribution >= 0.6 is 0 Å². The van der Waals surface area contributed by atoms with Crippen molar-refractivity contribution in [2.24, 2.45) is 0 Å². The average Bonchev–Trinajstić information content (AvgIpc) is 2.16. The summed E-state index contributed by atoms with van der Waals surface area (Å²) < 4.78 is 0. The summed E-state index contributed by atoms with van der Waals surface area (Å²) in [7, 11) is 0. The first-order chi connectivity index (χ1) is 6.66. The fourth-order valence-corrected chi connectivity index (χ4v) is 1.49. The highest BCUT2D eigenvalue weighted by atomic mass is 16.4. The first-order valence-electron chi connectivity index (χ1n) is 4.25. The first kappa shape index (κ1) is 8.74. The summed E-state index contributed by atoms with van der Waals surface area (Å²) in [6, 6.07) is 0. The Morgan fingerprint density at radius 1 is 1.64 bits per heavy atom. The Morgan fingerprint density at radius 3 is 3.14 bits per heavy atom. The molecule has 6 nitrogen and oxygen atoms in total. The largest absolute Gasteiger partial charge is 0.465 e. The zero-order chi connectivity index (χ0) is 10.1. The smallest absolute Gasteiger partial charge is 0.407 e. The number of nitrogens with zero attached hydrogens (tertiary/aromatic N) is 3. The van der Waals surface area contributed by atoms with Crippen LogP contribution in [0.3, 0.4) is 0 Å². The van der Waals surface area contributed by atoms with Crippen LogP contribution in [-0.4, -0.2) is 32.6 Å². The fraction of sp³-hybridized carbons (Fsp3) is 0.375. The quantitative estimate of drug-likeness (QED) is 0.610. The maximum atomic E-state index is 10.7. The molecule has 0 fully saturated rings. The molecule has 2 rings (SSSR count). The highest BCUT2D eigenvalue weighted by molar-refractivity contribution is 5.65. The minimum absolute atomic E-state index is 0.243. The van der Waals surface area contributed by atoms with Crippen LogP contribution in [-0.2, 0) is 13.0 Å².